The topological polar surface area (TPSA) is 81.5 Å². The van der Waals surface area contributed by atoms with Gasteiger partial charge in [0.15, 0.2) is 0 Å². The second kappa shape index (κ2) is 11.7. The summed E-state index contributed by atoms with van der Waals surface area (Å²) in [6, 6.07) is 18.6. The van der Waals surface area contributed by atoms with Crippen LogP contribution < -0.4 is 0 Å². The molecule has 1 aromatic heterocycles. The van der Waals surface area contributed by atoms with Crippen LogP contribution in [0.1, 0.15) is 46.9 Å². The van der Waals surface area contributed by atoms with Crippen molar-refractivity contribution in [3.63, 3.8) is 0 Å². The first-order valence-corrected chi connectivity index (χ1v) is 16.0. The average molecular weight is 618 g/mol. The number of sulfonamides is 1. The number of aromatic nitrogens is 2. The Labute approximate surface area is 255 Å². The Morgan fingerprint density at radius 2 is 1.80 bits per heavy atom. The summed E-state index contributed by atoms with van der Waals surface area (Å²) in [5, 5.41) is 4.59. The molecule has 2 atom stereocenters. The summed E-state index contributed by atoms with van der Waals surface area (Å²) >= 11 is 0. The van der Waals surface area contributed by atoms with Crippen molar-refractivity contribution in [2.24, 2.45) is 11.3 Å². The first kappa shape index (κ1) is 29.9. The summed E-state index contributed by atoms with van der Waals surface area (Å²) < 4.78 is 64.8. The van der Waals surface area contributed by atoms with Crippen molar-refractivity contribution in [3.05, 3.63) is 119 Å². The molecule has 0 amide bonds. The highest BCUT2D eigenvalue weighted by Crippen LogP contribution is 2.53. The minimum Gasteiger partial charge on any atom is -0.465 e. The van der Waals surface area contributed by atoms with E-state index in [-0.39, 0.29) is 47.1 Å². The van der Waals surface area contributed by atoms with Crippen molar-refractivity contribution in [2.45, 2.75) is 37.5 Å². The Kier molecular flexibility index (Phi) is 7.98. The van der Waals surface area contributed by atoms with Crippen molar-refractivity contribution in [2.75, 3.05) is 20.2 Å². The van der Waals surface area contributed by atoms with Crippen LogP contribution in [0.25, 0.3) is 11.8 Å². The van der Waals surface area contributed by atoms with Gasteiger partial charge in [-0.15, -0.1) is 0 Å². The molecule has 0 N–H and O–H groups in total. The van der Waals surface area contributed by atoms with Gasteiger partial charge in [-0.2, -0.15) is 9.40 Å². The maximum Gasteiger partial charge on any atom is 0.339 e. The number of halogens is 2. The Bertz CT molecular complexity index is 1850. The maximum atomic E-state index is 14.6. The molecule has 44 heavy (non-hydrogen) atoms. The zero-order chi connectivity index (χ0) is 31.1. The lowest BCUT2D eigenvalue weighted by atomic mass is 9.70. The largest absolute Gasteiger partial charge is 0.465 e. The van der Waals surface area contributed by atoms with Gasteiger partial charge in [0, 0.05) is 13.1 Å². The van der Waals surface area contributed by atoms with Gasteiger partial charge >= 0.3 is 5.97 Å². The molecule has 3 aromatic carbocycles. The Hall–Kier alpha value is -4.15. The molecule has 7 nitrogen and oxygen atoms in total. The van der Waals surface area contributed by atoms with Crippen LogP contribution in [0.2, 0.25) is 0 Å². The number of allylic oxidation sites excluding steroid dienone is 1. The lowest BCUT2D eigenvalue weighted by molar-refractivity contribution is 0.0596. The molecule has 1 fully saturated rings. The molecule has 0 unspecified atom stereocenters. The smallest absolute Gasteiger partial charge is 0.339 e. The van der Waals surface area contributed by atoms with Crippen LogP contribution in [0, 0.1) is 23.0 Å². The summed E-state index contributed by atoms with van der Waals surface area (Å²) in [7, 11) is -2.96. The normalized spacial score (nSPS) is 19.4. The standard InChI is InChI=1S/C34H33F2N3O4S/c1-34-20-24-21-37-39(28-15-13-27(35)14-16-28)31(24)19-25(34)11-12-26(34)22-38(18-17-23-7-3-5-9-30(23)36)44(41,42)32-10-6-4-8-29(32)33(40)43-2/h3-10,13-16,19,21,26H,11-12,17-18,20,22H2,1-2H3/t26-,34+/m1/s1. The predicted octanol–water partition coefficient (Wildman–Crippen LogP) is 6.23. The number of fused-ring (bicyclic) bond motifs is 2. The first-order chi connectivity index (χ1) is 21.1. The molecule has 1 saturated carbocycles. The lowest BCUT2D eigenvalue weighted by Crippen LogP contribution is -2.42. The summed E-state index contributed by atoms with van der Waals surface area (Å²) in [5.74, 6) is -1.50. The van der Waals surface area contributed by atoms with Crippen LogP contribution in [0.4, 0.5) is 8.78 Å². The summed E-state index contributed by atoms with van der Waals surface area (Å²) in [5.41, 5.74) is 3.99. The van der Waals surface area contributed by atoms with E-state index in [9.17, 15) is 22.0 Å². The monoisotopic (exact) mass is 617 g/mol. The molecule has 228 valence electrons. The molecule has 0 aliphatic heterocycles. The fraction of sp³-hybridized carbons (Fsp3) is 0.294. The van der Waals surface area contributed by atoms with Crippen molar-refractivity contribution >= 4 is 22.1 Å². The second-order valence-electron chi connectivity index (χ2n) is 11.6. The van der Waals surface area contributed by atoms with Gasteiger partial charge in [-0.1, -0.05) is 42.8 Å². The van der Waals surface area contributed by atoms with E-state index in [2.05, 4.69) is 18.1 Å². The Balaban J connectivity index is 1.33. The van der Waals surface area contributed by atoms with Crippen LogP contribution in [-0.4, -0.2) is 48.7 Å². The number of carbonyl (C=O) groups excluding carboxylic acids is 1. The summed E-state index contributed by atoms with van der Waals surface area (Å²) in [6.07, 6.45) is 6.36. The highest BCUT2D eigenvalue weighted by atomic mass is 32.2. The van der Waals surface area contributed by atoms with E-state index in [1.54, 1.807) is 42.5 Å². The first-order valence-electron chi connectivity index (χ1n) is 14.6. The van der Waals surface area contributed by atoms with Crippen LogP contribution in [0.3, 0.4) is 0 Å². The molecule has 4 aromatic rings. The van der Waals surface area contributed by atoms with E-state index in [1.807, 2.05) is 10.9 Å². The van der Waals surface area contributed by atoms with Gasteiger partial charge in [-0.05, 0) is 96.7 Å². The van der Waals surface area contributed by atoms with Gasteiger partial charge < -0.3 is 4.74 Å². The van der Waals surface area contributed by atoms with Gasteiger partial charge in [0.1, 0.15) is 11.6 Å². The molecular formula is C34H33F2N3O4S. The molecule has 1 heterocycles. The third-order valence-corrected chi connectivity index (χ3v) is 11.1. The molecule has 0 spiro atoms. The number of benzene rings is 3. The van der Waals surface area contributed by atoms with Crippen LogP contribution in [0.15, 0.2) is 89.5 Å². The molecule has 10 heteroatoms. The Morgan fingerprint density at radius 3 is 2.55 bits per heavy atom. The zero-order valence-electron chi connectivity index (χ0n) is 24.5. The van der Waals surface area contributed by atoms with Crippen molar-refractivity contribution in [3.8, 4) is 5.69 Å². The minimum absolute atomic E-state index is 0.0398. The van der Waals surface area contributed by atoms with Crippen LogP contribution in [-0.2, 0) is 27.6 Å². The average Bonchev–Trinajstić information content (AvgIpc) is 3.57. The molecule has 0 saturated heterocycles. The van der Waals surface area contributed by atoms with Crippen molar-refractivity contribution in [1.82, 2.24) is 14.1 Å². The Morgan fingerprint density at radius 1 is 1.07 bits per heavy atom. The van der Waals surface area contributed by atoms with Gasteiger partial charge in [0.25, 0.3) is 0 Å². The van der Waals surface area contributed by atoms with Gasteiger partial charge in [0.05, 0.1) is 35.1 Å². The third-order valence-electron chi connectivity index (χ3n) is 9.15. The maximum absolute atomic E-state index is 14.6. The zero-order valence-corrected chi connectivity index (χ0v) is 25.4. The number of rotatable bonds is 9. The molecule has 0 radical (unpaired) electrons. The summed E-state index contributed by atoms with van der Waals surface area (Å²) in [6.45, 7) is 2.40. The number of methoxy groups -OCH3 is 1. The number of ether oxygens (including phenoxy) is 1. The molecule has 6 rings (SSSR count). The highest BCUT2D eigenvalue weighted by Gasteiger charge is 2.47. The van der Waals surface area contributed by atoms with Crippen molar-refractivity contribution in [1.29, 1.82) is 0 Å². The second-order valence-corrected chi connectivity index (χ2v) is 13.5. The van der Waals surface area contributed by atoms with Gasteiger partial charge in [-0.25, -0.2) is 26.7 Å². The summed E-state index contributed by atoms with van der Waals surface area (Å²) in [4.78, 5) is 12.4. The predicted molar refractivity (Wildman–Crippen MR) is 163 cm³/mol. The molecule has 2 aliphatic carbocycles. The molecule has 2 aliphatic rings. The van der Waals surface area contributed by atoms with E-state index in [0.717, 1.165) is 29.8 Å². The third kappa shape index (κ3) is 5.37. The SMILES string of the molecule is COC(=O)c1ccccc1S(=O)(=O)N(CCc1ccccc1F)C[C@H]1CCC2=Cc3c(cnn3-c3ccc(F)cc3)C[C@@]21C. The minimum atomic E-state index is -4.17. The van der Waals surface area contributed by atoms with Crippen molar-refractivity contribution < 1.29 is 26.7 Å². The van der Waals surface area contributed by atoms with E-state index in [0.29, 0.717) is 12.0 Å². The van der Waals surface area contributed by atoms with E-state index in [1.165, 1.54) is 47.3 Å². The number of carbonyl (C=O) groups is 1. The number of hydrogen-bond donors (Lipinski definition) is 0. The quantitative estimate of drug-likeness (QED) is 0.208. The fourth-order valence-corrected chi connectivity index (χ4v) is 8.29. The number of esters is 1. The molecular weight excluding hydrogens is 584 g/mol. The lowest BCUT2D eigenvalue weighted by Gasteiger charge is -2.38. The van der Waals surface area contributed by atoms with E-state index < -0.39 is 21.8 Å². The highest BCUT2D eigenvalue weighted by molar-refractivity contribution is 7.89. The van der Waals surface area contributed by atoms with E-state index in [4.69, 9.17) is 4.74 Å². The van der Waals surface area contributed by atoms with Crippen LogP contribution in [0.5, 0.6) is 0 Å². The van der Waals surface area contributed by atoms with Crippen LogP contribution >= 0.6 is 0 Å². The van der Waals surface area contributed by atoms with Gasteiger partial charge in [0.2, 0.25) is 10.0 Å². The van der Waals surface area contributed by atoms with E-state index >= 15 is 0 Å². The number of nitrogens with zero attached hydrogens (tertiary/aromatic N) is 3. The fourth-order valence-electron chi connectivity index (χ4n) is 6.63. The van der Waals surface area contributed by atoms with Gasteiger partial charge in [-0.3, -0.25) is 0 Å². The molecule has 0 bridgehead atoms. The number of hydrogen-bond acceptors (Lipinski definition) is 5.